The second-order valence-corrected chi connectivity index (χ2v) is 10.3. The number of aromatic amines is 2. The van der Waals surface area contributed by atoms with Gasteiger partial charge in [0.15, 0.2) is 0 Å². The highest BCUT2D eigenvalue weighted by atomic mass is 16.5. The van der Waals surface area contributed by atoms with Crippen LogP contribution in [0.3, 0.4) is 0 Å². The van der Waals surface area contributed by atoms with Gasteiger partial charge in [-0.25, -0.2) is 9.97 Å². The average Bonchev–Trinajstić information content (AvgIpc) is 3.62. The molecule has 0 aliphatic carbocycles. The van der Waals surface area contributed by atoms with E-state index in [4.69, 9.17) is 19.4 Å². The quantitative estimate of drug-likeness (QED) is 0.348. The zero-order chi connectivity index (χ0) is 28.6. The minimum absolute atomic E-state index is 0.256. The Morgan fingerprint density at radius 1 is 0.750 bits per heavy atom. The zero-order valence-electron chi connectivity index (χ0n) is 23.8. The molecule has 5 rings (SSSR count). The number of H-pyrrole nitrogens is 2. The number of hydrogen-bond acceptors (Lipinski definition) is 6. The summed E-state index contributed by atoms with van der Waals surface area (Å²) < 4.78 is 9.83. The Labute approximate surface area is 233 Å². The number of esters is 2. The number of aryl methyl sites for hydroxylation is 3. The van der Waals surface area contributed by atoms with Gasteiger partial charge < -0.3 is 19.4 Å². The molecule has 2 aliphatic heterocycles. The SMILES string of the molecule is COC(=O)CCC1=C(C)c2cc3[nH]c(cc4nc(cc5[nH]c(cc1n2)c(CCC(=O)OC)c5C)C=C4C)cc3C. The van der Waals surface area contributed by atoms with Crippen LogP contribution in [0.4, 0.5) is 0 Å². The molecule has 206 valence electrons. The Hall–Kier alpha value is -4.46. The minimum Gasteiger partial charge on any atom is -0.469 e. The fourth-order valence-corrected chi connectivity index (χ4v) is 5.30. The molecule has 5 heterocycles. The normalized spacial score (nSPS) is 12.9. The predicted molar refractivity (Wildman–Crippen MR) is 158 cm³/mol. The van der Waals surface area contributed by atoms with Crippen LogP contribution in [0.2, 0.25) is 0 Å². The van der Waals surface area contributed by atoms with Crippen LogP contribution in [0.1, 0.15) is 72.6 Å². The Kier molecular flexibility index (Phi) is 7.43. The molecular formula is C32H34N4O4. The Bertz CT molecular complexity index is 1750. The lowest BCUT2D eigenvalue weighted by Gasteiger charge is -2.04. The van der Waals surface area contributed by atoms with Crippen molar-refractivity contribution in [2.45, 2.75) is 53.4 Å². The lowest BCUT2D eigenvalue weighted by molar-refractivity contribution is -0.141. The molecule has 8 nitrogen and oxygen atoms in total. The molecule has 0 radical (unpaired) electrons. The molecule has 3 aromatic rings. The average molecular weight is 539 g/mol. The standard InChI is InChI=1S/C32H34N4O4/c1-17-11-22-14-27-19(3)23(7-9-31(37)39-5)29(35-27)16-30-24(8-10-32(38)40-6)20(4)28(36-30)15-26-18(2)12-21(34-26)13-25(17)33-22/h11-16,34-35H,7-10H2,1-6H3. The first kappa shape index (κ1) is 27.1. The summed E-state index contributed by atoms with van der Waals surface area (Å²) in [4.78, 5) is 41.1. The topological polar surface area (TPSA) is 110 Å². The summed E-state index contributed by atoms with van der Waals surface area (Å²) in [5, 5.41) is 0. The van der Waals surface area contributed by atoms with E-state index in [9.17, 15) is 9.59 Å². The third-order valence-electron chi connectivity index (χ3n) is 7.69. The highest BCUT2D eigenvalue weighted by Gasteiger charge is 2.20. The summed E-state index contributed by atoms with van der Waals surface area (Å²) in [6.45, 7) is 8.22. The molecule has 40 heavy (non-hydrogen) atoms. The molecule has 8 bridgehead atoms. The van der Waals surface area contributed by atoms with E-state index in [-0.39, 0.29) is 24.8 Å². The van der Waals surface area contributed by atoms with Crippen LogP contribution in [-0.4, -0.2) is 46.1 Å². The highest BCUT2D eigenvalue weighted by Crippen LogP contribution is 2.35. The van der Waals surface area contributed by atoms with Crippen LogP contribution < -0.4 is 0 Å². The van der Waals surface area contributed by atoms with E-state index in [0.717, 1.165) is 78.3 Å². The van der Waals surface area contributed by atoms with Gasteiger partial charge in [-0.3, -0.25) is 9.59 Å². The van der Waals surface area contributed by atoms with E-state index in [0.29, 0.717) is 12.8 Å². The smallest absolute Gasteiger partial charge is 0.305 e. The molecule has 0 saturated heterocycles. The summed E-state index contributed by atoms with van der Waals surface area (Å²) in [6.07, 6.45) is 3.61. The predicted octanol–water partition coefficient (Wildman–Crippen LogP) is 6.48. The van der Waals surface area contributed by atoms with E-state index in [1.165, 1.54) is 14.2 Å². The van der Waals surface area contributed by atoms with Crippen molar-refractivity contribution in [2.24, 2.45) is 0 Å². The number of carbonyl (C=O) groups excluding carboxylic acids is 2. The fourth-order valence-electron chi connectivity index (χ4n) is 5.30. The second-order valence-electron chi connectivity index (χ2n) is 10.3. The van der Waals surface area contributed by atoms with Gasteiger partial charge in [-0.15, -0.1) is 0 Å². The van der Waals surface area contributed by atoms with Crippen LogP contribution in [0.25, 0.3) is 44.9 Å². The molecule has 0 saturated carbocycles. The summed E-state index contributed by atoms with van der Waals surface area (Å²) in [5.41, 5.74) is 13.4. The first-order chi connectivity index (χ1) is 19.2. The van der Waals surface area contributed by atoms with E-state index in [2.05, 4.69) is 48.1 Å². The maximum absolute atomic E-state index is 12.0. The van der Waals surface area contributed by atoms with Crippen molar-refractivity contribution in [3.8, 4) is 0 Å². The van der Waals surface area contributed by atoms with Gasteiger partial charge in [-0.2, -0.15) is 0 Å². The number of ether oxygens (including phenoxy) is 2. The van der Waals surface area contributed by atoms with Gasteiger partial charge in [0, 0.05) is 34.9 Å². The van der Waals surface area contributed by atoms with Crippen LogP contribution in [-0.2, 0) is 25.5 Å². The number of hydrogen-bond donors (Lipinski definition) is 2. The fraction of sp³-hybridized carbons (Fsp3) is 0.312. The molecule has 0 fully saturated rings. The number of carbonyl (C=O) groups is 2. The largest absolute Gasteiger partial charge is 0.469 e. The van der Waals surface area contributed by atoms with Gasteiger partial charge in [0.1, 0.15) is 0 Å². The van der Waals surface area contributed by atoms with Gasteiger partial charge in [-0.05, 0) is 110 Å². The maximum Gasteiger partial charge on any atom is 0.305 e. The number of nitrogens with zero attached hydrogens (tertiary/aromatic N) is 2. The molecule has 0 unspecified atom stereocenters. The molecule has 0 amide bonds. The summed E-state index contributed by atoms with van der Waals surface area (Å²) in [7, 11) is 2.80. The van der Waals surface area contributed by atoms with Gasteiger partial charge in [0.2, 0.25) is 0 Å². The summed E-state index contributed by atoms with van der Waals surface area (Å²) in [5.74, 6) is -0.527. The highest BCUT2D eigenvalue weighted by molar-refractivity contribution is 5.94. The van der Waals surface area contributed by atoms with Crippen molar-refractivity contribution in [3.63, 3.8) is 0 Å². The molecule has 0 aromatic carbocycles. The van der Waals surface area contributed by atoms with Crippen LogP contribution in [0.15, 0.2) is 30.3 Å². The number of allylic oxidation sites excluding steroid dienone is 3. The van der Waals surface area contributed by atoms with Crippen LogP contribution >= 0.6 is 0 Å². The van der Waals surface area contributed by atoms with Crippen molar-refractivity contribution in [2.75, 3.05) is 14.2 Å². The molecule has 3 aromatic heterocycles. The van der Waals surface area contributed by atoms with E-state index >= 15 is 0 Å². The summed E-state index contributed by atoms with van der Waals surface area (Å²) in [6, 6.07) is 10.3. The van der Waals surface area contributed by atoms with Crippen molar-refractivity contribution < 1.29 is 19.1 Å². The zero-order valence-corrected chi connectivity index (χ0v) is 23.8. The number of nitrogens with one attached hydrogen (secondary N) is 2. The van der Waals surface area contributed by atoms with E-state index < -0.39 is 0 Å². The monoisotopic (exact) mass is 538 g/mol. The first-order valence-electron chi connectivity index (χ1n) is 13.4. The van der Waals surface area contributed by atoms with Crippen LogP contribution in [0.5, 0.6) is 0 Å². The van der Waals surface area contributed by atoms with Crippen LogP contribution in [0, 0.1) is 13.8 Å². The van der Waals surface area contributed by atoms with Crippen molar-refractivity contribution in [1.29, 1.82) is 0 Å². The molecule has 8 heteroatoms. The molecule has 2 N–H and O–H groups in total. The van der Waals surface area contributed by atoms with Gasteiger partial charge in [-0.1, -0.05) is 0 Å². The second kappa shape index (κ2) is 11.0. The third kappa shape index (κ3) is 5.34. The first-order valence-corrected chi connectivity index (χ1v) is 13.4. The van der Waals surface area contributed by atoms with Crippen molar-refractivity contribution in [1.82, 2.24) is 19.9 Å². The van der Waals surface area contributed by atoms with E-state index in [1.54, 1.807) is 0 Å². The van der Waals surface area contributed by atoms with Crippen molar-refractivity contribution in [3.05, 3.63) is 69.8 Å². The summed E-state index contributed by atoms with van der Waals surface area (Å²) >= 11 is 0. The Balaban J connectivity index is 1.82. The lowest BCUT2D eigenvalue weighted by atomic mass is 10.0. The lowest BCUT2D eigenvalue weighted by Crippen LogP contribution is -2.02. The maximum atomic E-state index is 12.0. The Morgan fingerprint density at radius 3 is 2.17 bits per heavy atom. The number of methoxy groups -OCH3 is 2. The van der Waals surface area contributed by atoms with Crippen molar-refractivity contribution >= 4 is 56.8 Å². The minimum atomic E-state index is -0.265. The van der Waals surface area contributed by atoms with Gasteiger partial charge in [0.05, 0.1) is 37.0 Å². The molecule has 0 atom stereocenters. The van der Waals surface area contributed by atoms with Gasteiger partial charge >= 0.3 is 11.9 Å². The molecule has 2 aliphatic rings. The number of fused-ring (bicyclic) bond motifs is 8. The van der Waals surface area contributed by atoms with E-state index in [1.807, 2.05) is 26.0 Å². The third-order valence-corrected chi connectivity index (χ3v) is 7.69. The number of rotatable bonds is 6. The molecular weight excluding hydrogens is 504 g/mol. The van der Waals surface area contributed by atoms with Gasteiger partial charge in [0.25, 0.3) is 0 Å². The Morgan fingerprint density at radius 2 is 1.45 bits per heavy atom. The number of aromatic nitrogens is 4. The molecule has 0 spiro atoms.